The average molecular weight is 425 g/mol. The van der Waals surface area contributed by atoms with Gasteiger partial charge in [-0.05, 0) is 52.4 Å². The van der Waals surface area contributed by atoms with E-state index in [0.29, 0.717) is 20.6 Å². The summed E-state index contributed by atoms with van der Waals surface area (Å²) in [5.41, 5.74) is 1.32. The van der Waals surface area contributed by atoms with E-state index in [1.54, 1.807) is 30.3 Å². The van der Waals surface area contributed by atoms with Crippen molar-refractivity contribution in [1.29, 1.82) is 0 Å². The van der Waals surface area contributed by atoms with E-state index in [2.05, 4.69) is 22.6 Å². The Morgan fingerprint density at radius 3 is 2.58 bits per heavy atom. The lowest BCUT2D eigenvalue weighted by molar-refractivity contribution is 0.0992. The van der Waals surface area contributed by atoms with Gasteiger partial charge in [0, 0.05) is 20.6 Å². The topological polar surface area (TPSA) is 17.1 Å². The summed E-state index contributed by atoms with van der Waals surface area (Å²) in [7, 11) is 0. The van der Waals surface area contributed by atoms with Crippen LogP contribution in [0, 0.1) is 3.57 Å². The Morgan fingerprint density at radius 2 is 1.84 bits per heavy atom. The van der Waals surface area contributed by atoms with Crippen LogP contribution in [0.3, 0.4) is 0 Å². The maximum atomic E-state index is 12.3. The van der Waals surface area contributed by atoms with Crippen LogP contribution in [0.5, 0.6) is 0 Å². The van der Waals surface area contributed by atoms with Gasteiger partial charge in [-0.2, -0.15) is 0 Å². The first-order valence-corrected chi connectivity index (χ1v) is 7.61. The Bertz CT molecular complexity index is 641. The van der Waals surface area contributed by atoms with Crippen LogP contribution in [-0.2, 0) is 6.42 Å². The van der Waals surface area contributed by atoms with Crippen molar-refractivity contribution in [1.82, 2.24) is 0 Å². The van der Waals surface area contributed by atoms with Crippen molar-refractivity contribution in [2.45, 2.75) is 6.42 Å². The molecule has 0 saturated carbocycles. The fourth-order valence-electron chi connectivity index (χ4n) is 1.66. The molecule has 2 rings (SSSR count). The molecule has 0 N–H and O–H groups in total. The summed E-state index contributed by atoms with van der Waals surface area (Å²) in [6.45, 7) is 0. The van der Waals surface area contributed by atoms with Crippen LogP contribution in [0.2, 0.25) is 15.1 Å². The highest BCUT2D eigenvalue weighted by molar-refractivity contribution is 14.1. The van der Waals surface area contributed by atoms with Gasteiger partial charge in [0.15, 0.2) is 5.78 Å². The zero-order valence-electron chi connectivity index (χ0n) is 9.59. The third-order valence-corrected chi connectivity index (χ3v) is 4.65. The summed E-state index contributed by atoms with van der Waals surface area (Å²) in [5.74, 6) is -0.0314. The zero-order chi connectivity index (χ0) is 14.0. The Morgan fingerprint density at radius 1 is 1.11 bits per heavy atom. The molecular formula is C14H8Cl3IO. The van der Waals surface area contributed by atoms with Crippen molar-refractivity contribution >= 4 is 63.2 Å². The third kappa shape index (κ3) is 3.63. The molecule has 5 heteroatoms. The molecule has 2 aromatic carbocycles. The molecule has 0 amide bonds. The second-order valence-corrected chi connectivity index (χ2v) is 6.32. The second kappa shape index (κ2) is 6.44. The maximum Gasteiger partial charge on any atom is 0.168 e. The van der Waals surface area contributed by atoms with Crippen LogP contribution in [0.4, 0.5) is 0 Å². The normalized spacial score (nSPS) is 10.5. The highest BCUT2D eigenvalue weighted by atomic mass is 127. The highest BCUT2D eigenvalue weighted by Gasteiger charge is 2.14. The first-order chi connectivity index (χ1) is 8.99. The number of rotatable bonds is 3. The molecule has 1 nitrogen and oxygen atoms in total. The number of carbonyl (C=O) groups is 1. The monoisotopic (exact) mass is 424 g/mol. The van der Waals surface area contributed by atoms with Crippen molar-refractivity contribution in [2.75, 3.05) is 0 Å². The molecule has 0 radical (unpaired) electrons. The number of carbonyl (C=O) groups excluding carboxylic acids is 1. The van der Waals surface area contributed by atoms with E-state index in [1.807, 2.05) is 6.07 Å². The van der Waals surface area contributed by atoms with Crippen LogP contribution in [0.15, 0.2) is 36.4 Å². The number of Topliss-reactive ketones (excluding diaryl/α,β-unsaturated/α-hetero) is 1. The van der Waals surface area contributed by atoms with Gasteiger partial charge in [0.05, 0.1) is 10.0 Å². The van der Waals surface area contributed by atoms with E-state index in [4.69, 9.17) is 34.8 Å². The van der Waals surface area contributed by atoms with Gasteiger partial charge in [0.1, 0.15) is 0 Å². The molecule has 0 unspecified atom stereocenters. The molecule has 0 aliphatic rings. The number of halogens is 4. The number of benzene rings is 2. The SMILES string of the molecule is O=C(Cc1cccc(Cl)c1Cl)c1cc(Cl)ccc1I. The summed E-state index contributed by atoms with van der Waals surface area (Å²) >= 11 is 20.0. The first-order valence-electron chi connectivity index (χ1n) is 5.40. The minimum atomic E-state index is -0.0314. The molecule has 19 heavy (non-hydrogen) atoms. The molecule has 2 aromatic rings. The lowest BCUT2D eigenvalue weighted by Crippen LogP contribution is -2.06. The molecule has 0 atom stereocenters. The molecule has 0 saturated heterocycles. The first kappa shape index (κ1) is 15.1. The van der Waals surface area contributed by atoms with Gasteiger partial charge < -0.3 is 0 Å². The predicted octanol–water partition coefficient (Wildman–Crippen LogP) is 5.68. The molecule has 0 bridgehead atoms. The minimum absolute atomic E-state index is 0.0314. The van der Waals surface area contributed by atoms with Crippen LogP contribution in [0.25, 0.3) is 0 Å². The fourth-order valence-corrected chi connectivity index (χ4v) is 2.86. The molecule has 0 aliphatic carbocycles. The highest BCUT2D eigenvalue weighted by Crippen LogP contribution is 2.27. The van der Waals surface area contributed by atoms with Crippen molar-refractivity contribution in [3.05, 3.63) is 66.2 Å². The summed E-state index contributed by atoms with van der Waals surface area (Å²) in [4.78, 5) is 12.3. The smallest absolute Gasteiger partial charge is 0.168 e. The van der Waals surface area contributed by atoms with Gasteiger partial charge in [-0.25, -0.2) is 0 Å². The van der Waals surface area contributed by atoms with Gasteiger partial charge in [-0.15, -0.1) is 0 Å². The van der Waals surface area contributed by atoms with Crippen LogP contribution in [-0.4, -0.2) is 5.78 Å². The lowest BCUT2D eigenvalue weighted by atomic mass is 10.0. The molecule has 0 fully saturated rings. The summed E-state index contributed by atoms with van der Waals surface area (Å²) in [6, 6.07) is 10.5. The average Bonchev–Trinajstić information content (AvgIpc) is 2.38. The van der Waals surface area contributed by atoms with Crippen LogP contribution < -0.4 is 0 Å². The van der Waals surface area contributed by atoms with E-state index in [1.165, 1.54) is 0 Å². The van der Waals surface area contributed by atoms with E-state index in [9.17, 15) is 4.79 Å². The van der Waals surface area contributed by atoms with Crippen LogP contribution >= 0.6 is 57.4 Å². The molecule has 0 aliphatic heterocycles. The van der Waals surface area contributed by atoms with Crippen molar-refractivity contribution in [2.24, 2.45) is 0 Å². The Labute approximate surface area is 140 Å². The van der Waals surface area contributed by atoms with Crippen LogP contribution in [0.1, 0.15) is 15.9 Å². The minimum Gasteiger partial charge on any atom is -0.294 e. The fraction of sp³-hybridized carbons (Fsp3) is 0.0714. The summed E-state index contributed by atoms with van der Waals surface area (Å²) < 4.78 is 0.866. The van der Waals surface area contributed by atoms with Crippen molar-refractivity contribution in [3.8, 4) is 0 Å². The standard InChI is InChI=1S/C14H8Cl3IO/c15-9-4-5-12(18)10(7-9)13(19)6-8-2-1-3-11(16)14(8)17/h1-5,7H,6H2. The van der Waals surface area contributed by atoms with E-state index in [-0.39, 0.29) is 12.2 Å². The van der Waals surface area contributed by atoms with Gasteiger partial charge in [-0.1, -0.05) is 46.9 Å². The molecule has 0 spiro atoms. The van der Waals surface area contributed by atoms with E-state index in [0.717, 1.165) is 9.13 Å². The molecule has 0 aromatic heterocycles. The summed E-state index contributed by atoms with van der Waals surface area (Å²) in [5, 5.41) is 1.42. The molecular weight excluding hydrogens is 417 g/mol. The van der Waals surface area contributed by atoms with Gasteiger partial charge in [0.2, 0.25) is 0 Å². The zero-order valence-corrected chi connectivity index (χ0v) is 14.0. The van der Waals surface area contributed by atoms with Gasteiger partial charge in [-0.3, -0.25) is 4.79 Å². The van der Waals surface area contributed by atoms with Crippen molar-refractivity contribution < 1.29 is 4.79 Å². The van der Waals surface area contributed by atoms with E-state index >= 15 is 0 Å². The van der Waals surface area contributed by atoms with E-state index < -0.39 is 0 Å². The Balaban J connectivity index is 2.31. The molecule has 0 heterocycles. The predicted molar refractivity (Wildman–Crippen MR) is 88.7 cm³/mol. The maximum absolute atomic E-state index is 12.3. The van der Waals surface area contributed by atoms with Crippen molar-refractivity contribution in [3.63, 3.8) is 0 Å². The van der Waals surface area contributed by atoms with Gasteiger partial charge in [0.25, 0.3) is 0 Å². The second-order valence-electron chi connectivity index (χ2n) is 3.94. The quantitative estimate of drug-likeness (QED) is 0.457. The summed E-state index contributed by atoms with van der Waals surface area (Å²) in [6.07, 6.45) is 0.204. The number of ketones is 1. The number of hydrogen-bond acceptors (Lipinski definition) is 1. The number of hydrogen-bond donors (Lipinski definition) is 0. The molecule has 98 valence electrons. The largest absolute Gasteiger partial charge is 0.294 e. The third-order valence-electron chi connectivity index (χ3n) is 2.61. The lowest BCUT2D eigenvalue weighted by Gasteiger charge is -2.07. The Hall–Kier alpha value is -0.290. The Kier molecular flexibility index (Phi) is 5.12. The van der Waals surface area contributed by atoms with Gasteiger partial charge >= 0.3 is 0 Å².